The van der Waals surface area contributed by atoms with Crippen LogP contribution < -0.4 is 0 Å². The largest absolute Gasteiger partial charge is 0.242 e. The zero-order valence-corrected chi connectivity index (χ0v) is 11.2. The van der Waals surface area contributed by atoms with E-state index in [2.05, 4.69) is 41.9 Å². The molecule has 0 unspecified atom stereocenters. The van der Waals surface area contributed by atoms with E-state index in [1.54, 1.807) is 6.92 Å². The lowest BCUT2D eigenvalue weighted by Crippen LogP contribution is -1.88. The number of hydrogen-bond acceptors (Lipinski definition) is 1. The third kappa shape index (κ3) is 3.21. The van der Waals surface area contributed by atoms with Crippen molar-refractivity contribution in [2.24, 2.45) is 4.99 Å². The Kier molecular flexibility index (Phi) is 4.16. The monoisotopic (exact) mass is 257 g/mol. The van der Waals surface area contributed by atoms with Gasteiger partial charge in [0.05, 0.1) is 5.70 Å². The maximum atomic E-state index is 5.75. The van der Waals surface area contributed by atoms with E-state index in [9.17, 15) is 0 Å². The summed E-state index contributed by atoms with van der Waals surface area (Å²) in [7, 11) is 0. The van der Waals surface area contributed by atoms with Crippen molar-refractivity contribution < 1.29 is 0 Å². The minimum Gasteiger partial charge on any atom is -0.242 e. The van der Waals surface area contributed by atoms with Gasteiger partial charge >= 0.3 is 0 Å². The van der Waals surface area contributed by atoms with E-state index < -0.39 is 0 Å². The Hall–Kier alpha value is -1.60. The highest BCUT2D eigenvalue weighted by Gasteiger charge is 2.02. The average molecular weight is 258 g/mol. The standard InChI is InChI=1S/C16H16ClN/c1-12(18-13(2)17)14-8-10-16(11-9-14)15-6-4-3-5-7-15/h4,6-11H,1,3,5H2,2H3/b18-13+. The Morgan fingerprint density at radius 2 is 1.94 bits per heavy atom. The van der Waals surface area contributed by atoms with E-state index in [-0.39, 0.29) is 0 Å². The number of aliphatic imine (C=N–C) groups is 1. The van der Waals surface area contributed by atoms with Gasteiger partial charge in [0.2, 0.25) is 0 Å². The molecule has 0 aromatic heterocycles. The SMILES string of the molecule is C=C(/N=C(\C)Cl)c1ccc(C2=CCCC=C2)cc1. The van der Waals surface area contributed by atoms with Gasteiger partial charge in [0.1, 0.15) is 5.17 Å². The molecule has 0 radical (unpaired) electrons. The molecule has 0 saturated heterocycles. The van der Waals surface area contributed by atoms with Gasteiger partial charge < -0.3 is 0 Å². The highest BCUT2D eigenvalue weighted by atomic mass is 35.5. The summed E-state index contributed by atoms with van der Waals surface area (Å²) < 4.78 is 0. The van der Waals surface area contributed by atoms with Crippen molar-refractivity contribution in [1.29, 1.82) is 0 Å². The van der Waals surface area contributed by atoms with Crippen LogP contribution in [-0.4, -0.2) is 5.17 Å². The Labute approximate surface area is 113 Å². The summed E-state index contributed by atoms with van der Waals surface area (Å²) >= 11 is 5.75. The van der Waals surface area contributed by atoms with Crippen LogP contribution in [0, 0.1) is 0 Å². The average Bonchev–Trinajstić information content (AvgIpc) is 2.39. The van der Waals surface area contributed by atoms with Crippen LogP contribution in [0.5, 0.6) is 0 Å². The summed E-state index contributed by atoms with van der Waals surface area (Å²) in [5.41, 5.74) is 4.21. The summed E-state index contributed by atoms with van der Waals surface area (Å²) in [6.45, 7) is 5.66. The number of allylic oxidation sites excluding steroid dienone is 4. The van der Waals surface area contributed by atoms with Gasteiger partial charge in [0.15, 0.2) is 0 Å². The van der Waals surface area contributed by atoms with Crippen molar-refractivity contribution in [3.05, 3.63) is 60.2 Å². The first-order chi connectivity index (χ1) is 8.66. The van der Waals surface area contributed by atoms with Gasteiger partial charge in [-0.2, -0.15) is 0 Å². The molecule has 0 heterocycles. The van der Waals surface area contributed by atoms with Crippen molar-refractivity contribution in [1.82, 2.24) is 0 Å². The summed E-state index contributed by atoms with van der Waals surface area (Å²) in [5, 5.41) is 0.502. The molecular weight excluding hydrogens is 242 g/mol. The summed E-state index contributed by atoms with van der Waals surface area (Å²) in [5.74, 6) is 0. The van der Waals surface area contributed by atoms with Crippen LogP contribution in [-0.2, 0) is 0 Å². The molecule has 0 N–H and O–H groups in total. The second-order valence-corrected chi connectivity index (χ2v) is 4.82. The van der Waals surface area contributed by atoms with Gasteiger partial charge in [-0.15, -0.1) is 0 Å². The quantitative estimate of drug-likeness (QED) is 0.672. The fourth-order valence-corrected chi connectivity index (χ4v) is 2.04. The highest BCUT2D eigenvalue weighted by molar-refractivity contribution is 6.65. The number of benzene rings is 1. The number of rotatable bonds is 3. The summed E-state index contributed by atoms with van der Waals surface area (Å²) in [4.78, 5) is 4.15. The molecule has 1 nitrogen and oxygen atoms in total. The van der Waals surface area contributed by atoms with Gasteiger partial charge in [-0.05, 0) is 36.5 Å². The van der Waals surface area contributed by atoms with Gasteiger partial charge in [0.25, 0.3) is 0 Å². The molecule has 0 bridgehead atoms. The molecule has 0 saturated carbocycles. The Bertz CT molecular complexity index is 529. The third-order valence-corrected chi connectivity index (χ3v) is 2.92. The van der Waals surface area contributed by atoms with Crippen molar-refractivity contribution in [3.8, 4) is 0 Å². The molecule has 0 amide bonds. The van der Waals surface area contributed by atoms with Crippen molar-refractivity contribution in [2.45, 2.75) is 19.8 Å². The normalized spacial score (nSPS) is 15.4. The highest BCUT2D eigenvalue weighted by Crippen LogP contribution is 2.23. The minimum absolute atomic E-state index is 0.502. The smallest absolute Gasteiger partial charge is 0.103 e. The lowest BCUT2D eigenvalue weighted by Gasteiger charge is -2.08. The van der Waals surface area contributed by atoms with Crippen LogP contribution in [0.4, 0.5) is 0 Å². The predicted molar refractivity (Wildman–Crippen MR) is 80.8 cm³/mol. The number of hydrogen-bond donors (Lipinski definition) is 0. The lowest BCUT2D eigenvalue weighted by atomic mass is 9.98. The minimum atomic E-state index is 0.502. The molecule has 0 spiro atoms. The molecule has 2 rings (SSSR count). The maximum absolute atomic E-state index is 5.75. The molecule has 18 heavy (non-hydrogen) atoms. The zero-order chi connectivity index (χ0) is 13.0. The number of halogens is 1. The van der Waals surface area contributed by atoms with Crippen molar-refractivity contribution in [2.75, 3.05) is 0 Å². The molecule has 92 valence electrons. The molecule has 0 fully saturated rings. The van der Waals surface area contributed by atoms with E-state index in [0.29, 0.717) is 10.9 Å². The summed E-state index contributed by atoms with van der Waals surface area (Å²) in [6.07, 6.45) is 8.92. The first-order valence-corrected chi connectivity index (χ1v) is 6.42. The molecule has 1 aromatic rings. The molecular formula is C16H16ClN. The second-order valence-electron chi connectivity index (χ2n) is 4.27. The molecule has 0 aliphatic heterocycles. The Balaban J connectivity index is 2.20. The Morgan fingerprint density at radius 1 is 1.22 bits per heavy atom. The van der Waals surface area contributed by atoms with Crippen LogP contribution in [0.2, 0.25) is 0 Å². The van der Waals surface area contributed by atoms with Gasteiger partial charge in [-0.3, -0.25) is 0 Å². The molecule has 2 heteroatoms. The second kappa shape index (κ2) is 5.83. The van der Waals surface area contributed by atoms with Crippen LogP contribution in [0.1, 0.15) is 30.9 Å². The topological polar surface area (TPSA) is 12.4 Å². The van der Waals surface area contributed by atoms with Crippen molar-refractivity contribution in [3.63, 3.8) is 0 Å². The first-order valence-electron chi connectivity index (χ1n) is 6.04. The molecule has 1 aliphatic carbocycles. The van der Waals surface area contributed by atoms with E-state index in [4.69, 9.17) is 11.6 Å². The van der Waals surface area contributed by atoms with E-state index in [0.717, 1.165) is 18.4 Å². The maximum Gasteiger partial charge on any atom is 0.103 e. The lowest BCUT2D eigenvalue weighted by molar-refractivity contribution is 1.04. The summed E-state index contributed by atoms with van der Waals surface area (Å²) in [6, 6.07) is 8.26. The van der Waals surface area contributed by atoms with Crippen LogP contribution in [0.3, 0.4) is 0 Å². The van der Waals surface area contributed by atoms with E-state index in [1.165, 1.54) is 11.1 Å². The van der Waals surface area contributed by atoms with E-state index >= 15 is 0 Å². The molecule has 1 aliphatic rings. The van der Waals surface area contributed by atoms with Crippen LogP contribution in [0.25, 0.3) is 11.3 Å². The van der Waals surface area contributed by atoms with E-state index in [1.807, 2.05) is 12.1 Å². The first kappa shape index (κ1) is 12.8. The fourth-order valence-electron chi connectivity index (χ4n) is 1.93. The molecule has 0 atom stereocenters. The van der Waals surface area contributed by atoms with Crippen molar-refractivity contribution >= 4 is 28.0 Å². The molecule has 1 aromatic carbocycles. The van der Waals surface area contributed by atoms with Crippen LogP contribution >= 0.6 is 11.6 Å². The van der Waals surface area contributed by atoms with Gasteiger partial charge in [0, 0.05) is 0 Å². The third-order valence-electron chi connectivity index (χ3n) is 2.84. The fraction of sp³-hybridized carbons (Fsp3) is 0.188. The Morgan fingerprint density at radius 3 is 2.50 bits per heavy atom. The predicted octanol–water partition coefficient (Wildman–Crippen LogP) is 5.05. The zero-order valence-electron chi connectivity index (χ0n) is 10.5. The van der Waals surface area contributed by atoms with Crippen LogP contribution in [0.15, 0.2) is 54.1 Å². The number of nitrogens with zero attached hydrogens (tertiary/aromatic N) is 1. The van der Waals surface area contributed by atoms with Gasteiger partial charge in [-0.25, -0.2) is 4.99 Å². The van der Waals surface area contributed by atoms with Gasteiger partial charge in [-0.1, -0.05) is 60.7 Å².